The number of rotatable bonds is 2. The van der Waals surface area contributed by atoms with Crippen LogP contribution < -0.4 is 0 Å². The summed E-state index contributed by atoms with van der Waals surface area (Å²) in [5.41, 5.74) is 0. The van der Waals surface area contributed by atoms with Gasteiger partial charge in [0.1, 0.15) is 0 Å². The standard InChI is InChI=1S/C5H7NO4/c7-3-1-2-6(3)4(8)5(9)10/h4,8H,1-2H2,(H,9,10). The Morgan fingerprint density at radius 2 is 2.30 bits per heavy atom. The van der Waals surface area contributed by atoms with Crippen molar-refractivity contribution in [1.29, 1.82) is 0 Å². The normalized spacial score (nSPS) is 20.1. The predicted molar refractivity (Wildman–Crippen MR) is 30.0 cm³/mol. The Morgan fingerprint density at radius 1 is 1.70 bits per heavy atom. The van der Waals surface area contributed by atoms with Gasteiger partial charge in [-0.3, -0.25) is 4.79 Å². The minimum atomic E-state index is -1.65. The number of likely N-dealkylation sites (tertiary alicyclic amines) is 1. The van der Waals surface area contributed by atoms with E-state index in [-0.39, 0.29) is 5.91 Å². The Morgan fingerprint density at radius 3 is 2.40 bits per heavy atom. The van der Waals surface area contributed by atoms with E-state index < -0.39 is 12.2 Å². The molecule has 0 aliphatic carbocycles. The fraction of sp³-hybridized carbons (Fsp3) is 0.600. The number of aliphatic carboxylic acids is 1. The topological polar surface area (TPSA) is 77.8 Å². The zero-order valence-electron chi connectivity index (χ0n) is 5.15. The third-order valence-electron chi connectivity index (χ3n) is 1.40. The van der Waals surface area contributed by atoms with E-state index in [2.05, 4.69) is 0 Å². The number of amides is 1. The molecular weight excluding hydrogens is 138 g/mol. The van der Waals surface area contributed by atoms with E-state index in [0.29, 0.717) is 13.0 Å². The molecule has 0 aromatic carbocycles. The van der Waals surface area contributed by atoms with Crippen molar-refractivity contribution >= 4 is 11.9 Å². The molecule has 0 bridgehead atoms. The average Bonchev–Trinajstić information content (AvgIpc) is 1.84. The van der Waals surface area contributed by atoms with Gasteiger partial charge in [-0.25, -0.2) is 4.79 Å². The molecule has 0 aromatic rings. The third-order valence-corrected chi connectivity index (χ3v) is 1.40. The smallest absolute Gasteiger partial charge is 0.354 e. The first-order valence-corrected chi connectivity index (χ1v) is 2.83. The number of carbonyl (C=O) groups is 2. The lowest BCUT2D eigenvalue weighted by atomic mass is 10.2. The monoisotopic (exact) mass is 145 g/mol. The highest BCUT2D eigenvalue weighted by atomic mass is 16.4. The highest BCUT2D eigenvalue weighted by Crippen LogP contribution is 2.11. The van der Waals surface area contributed by atoms with Gasteiger partial charge in [-0.1, -0.05) is 0 Å². The number of hydrogen-bond donors (Lipinski definition) is 2. The predicted octanol–water partition coefficient (Wildman–Crippen LogP) is -1.38. The molecule has 56 valence electrons. The fourth-order valence-electron chi connectivity index (χ4n) is 0.724. The van der Waals surface area contributed by atoms with Crippen molar-refractivity contribution in [3.05, 3.63) is 0 Å². The van der Waals surface area contributed by atoms with E-state index >= 15 is 0 Å². The van der Waals surface area contributed by atoms with Crippen LogP contribution in [0.2, 0.25) is 0 Å². The molecule has 10 heavy (non-hydrogen) atoms. The van der Waals surface area contributed by atoms with Crippen molar-refractivity contribution in [3.63, 3.8) is 0 Å². The number of aliphatic hydroxyl groups is 1. The zero-order valence-corrected chi connectivity index (χ0v) is 5.15. The summed E-state index contributed by atoms with van der Waals surface area (Å²) in [5.74, 6) is -1.69. The van der Waals surface area contributed by atoms with Crippen molar-refractivity contribution in [2.45, 2.75) is 12.6 Å². The maximum atomic E-state index is 10.5. The van der Waals surface area contributed by atoms with Crippen molar-refractivity contribution < 1.29 is 19.8 Å². The SMILES string of the molecule is O=C(O)C(O)N1CCC1=O. The van der Waals surface area contributed by atoms with Gasteiger partial charge in [0.2, 0.25) is 12.1 Å². The summed E-state index contributed by atoms with van der Waals surface area (Å²) in [6, 6.07) is 0. The van der Waals surface area contributed by atoms with Crippen LogP contribution in [0.3, 0.4) is 0 Å². The van der Waals surface area contributed by atoms with Crippen LogP contribution in [0.25, 0.3) is 0 Å². The van der Waals surface area contributed by atoms with Crippen molar-refractivity contribution in [2.75, 3.05) is 6.54 Å². The Kier molecular flexibility index (Phi) is 1.58. The van der Waals surface area contributed by atoms with Crippen LogP contribution in [-0.4, -0.2) is 39.8 Å². The Bertz CT molecular complexity index is 170. The summed E-state index contributed by atoms with van der Waals surface area (Å²) in [6.45, 7) is 0.340. The number of β-lactam (4-membered cyclic amide) rings is 1. The average molecular weight is 145 g/mol. The second kappa shape index (κ2) is 2.26. The molecule has 1 aliphatic heterocycles. The molecule has 1 amide bonds. The third kappa shape index (κ3) is 0.950. The molecule has 1 aliphatic rings. The molecule has 1 heterocycles. The van der Waals surface area contributed by atoms with Gasteiger partial charge in [0, 0.05) is 13.0 Å². The van der Waals surface area contributed by atoms with Gasteiger partial charge in [-0.2, -0.15) is 0 Å². The van der Waals surface area contributed by atoms with Crippen LogP contribution in [0.15, 0.2) is 0 Å². The number of carbonyl (C=O) groups excluding carboxylic acids is 1. The molecule has 0 radical (unpaired) electrons. The minimum absolute atomic E-state index is 0.310. The van der Waals surface area contributed by atoms with E-state index in [9.17, 15) is 9.59 Å². The van der Waals surface area contributed by atoms with Crippen LogP contribution >= 0.6 is 0 Å². The van der Waals surface area contributed by atoms with Crippen LogP contribution in [0.5, 0.6) is 0 Å². The van der Waals surface area contributed by atoms with E-state index in [4.69, 9.17) is 10.2 Å². The number of carboxylic acids is 1. The number of aliphatic hydroxyl groups excluding tert-OH is 1. The van der Waals surface area contributed by atoms with Gasteiger partial charge >= 0.3 is 5.97 Å². The summed E-state index contributed by atoms with van der Waals surface area (Å²) < 4.78 is 0. The van der Waals surface area contributed by atoms with E-state index in [1.54, 1.807) is 0 Å². The highest BCUT2D eigenvalue weighted by molar-refractivity contribution is 5.86. The largest absolute Gasteiger partial charge is 0.478 e. The fourth-order valence-corrected chi connectivity index (χ4v) is 0.724. The van der Waals surface area contributed by atoms with E-state index in [0.717, 1.165) is 4.90 Å². The van der Waals surface area contributed by atoms with Gasteiger partial charge in [-0.05, 0) is 0 Å². The first-order chi connectivity index (χ1) is 4.63. The summed E-state index contributed by atoms with van der Waals surface area (Å²) in [7, 11) is 0. The minimum Gasteiger partial charge on any atom is -0.478 e. The van der Waals surface area contributed by atoms with Crippen molar-refractivity contribution in [1.82, 2.24) is 4.90 Å². The lowest BCUT2D eigenvalue weighted by molar-refractivity contribution is -0.172. The highest BCUT2D eigenvalue weighted by Gasteiger charge is 2.33. The first kappa shape index (κ1) is 7.01. The number of carboxylic acid groups (broad SMARTS) is 1. The van der Waals surface area contributed by atoms with Gasteiger partial charge in [-0.15, -0.1) is 0 Å². The molecule has 1 atom stereocenters. The quantitative estimate of drug-likeness (QED) is 0.469. The molecule has 1 fully saturated rings. The second-order valence-corrected chi connectivity index (χ2v) is 2.05. The van der Waals surface area contributed by atoms with Crippen LogP contribution in [0.4, 0.5) is 0 Å². The second-order valence-electron chi connectivity index (χ2n) is 2.05. The summed E-state index contributed by atoms with van der Waals surface area (Å²) in [6.07, 6.45) is -1.31. The van der Waals surface area contributed by atoms with Crippen molar-refractivity contribution in [2.24, 2.45) is 0 Å². The number of nitrogens with zero attached hydrogens (tertiary/aromatic N) is 1. The van der Waals surface area contributed by atoms with Crippen molar-refractivity contribution in [3.8, 4) is 0 Å². The lowest BCUT2D eigenvalue weighted by Gasteiger charge is -2.32. The van der Waals surface area contributed by atoms with Crippen LogP contribution in [0, 0.1) is 0 Å². The van der Waals surface area contributed by atoms with Gasteiger partial charge in [0.25, 0.3) is 0 Å². The molecule has 1 unspecified atom stereocenters. The molecule has 0 spiro atoms. The molecule has 2 N–H and O–H groups in total. The molecule has 0 saturated carbocycles. The summed E-state index contributed by atoms with van der Waals surface area (Å²) in [4.78, 5) is 21.4. The van der Waals surface area contributed by atoms with E-state index in [1.807, 2.05) is 0 Å². The maximum absolute atomic E-state index is 10.5. The van der Waals surface area contributed by atoms with Gasteiger partial charge in [0.15, 0.2) is 0 Å². The maximum Gasteiger partial charge on any atom is 0.354 e. The van der Waals surface area contributed by atoms with Crippen LogP contribution in [0.1, 0.15) is 6.42 Å². The Balaban J connectivity index is 2.49. The van der Waals surface area contributed by atoms with Gasteiger partial charge < -0.3 is 15.1 Å². The lowest BCUT2D eigenvalue weighted by Crippen LogP contribution is -2.53. The summed E-state index contributed by atoms with van der Waals surface area (Å²) in [5, 5.41) is 16.9. The first-order valence-electron chi connectivity index (χ1n) is 2.83. The summed E-state index contributed by atoms with van der Waals surface area (Å²) >= 11 is 0. The molecule has 5 heteroatoms. The van der Waals surface area contributed by atoms with Crippen LogP contribution in [-0.2, 0) is 9.59 Å². The Hall–Kier alpha value is -1.10. The van der Waals surface area contributed by atoms with E-state index in [1.165, 1.54) is 0 Å². The Labute approximate surface area is 56.9 Å². The molecule has 0 aromatic heterocycles. The molecule has 1 saturated heterocycles. The zero-order chi connectivity index (χ0) is 7.72. The number of hydrogen-bond acceptors (Lipinski definition) is 3. The molecular formula is C5H7NO4. The molecule has 5 nitrogen and oxygen atoms in total. The molecule has 1 rings (SSSR count). The van der Waals surface area contributed by atoms with Gasteiger partial charge in [0.05, 0.1) is 0 Å².